The van der Waals surface area contributed by atoms with Crippen LogP contribution in [-0.4, -0.2) is 17.6 Å². The van der Waals surface area contributed by atoms with Gasteiger partial charge in [0.25, 0.3) is 0 Å². The second kappa shape index (κ2) is 5.35. The van der Waals surface area contributed by atoms with Gasteiger partial charge in [0.15, 0.2) is 0 Å². The zero-order valence-corrected chi connectivity index (χ0v) is 9.96. The van der Waals surface area contributed by atoms with Crippen molar-refractivity contribution in [2.75, 3.05) is 0 Å². The largest absolute Gasteiger partial charge is 0.460 e. The third kappa shape index (κ3) is 5.97. The molecule has 3 heteroatoms. The maximum Gasteiger partial charge on any atom is 0.307 e. The standard InChI is InChI=1S/C11H23NO2/c1-6-8(2)9(12)7-10(13)14-11(3,4)5/h8-9H,6-7,12H2,1-5H3/t8-,9+/m1/s1. The molecule has 0 amide bonds. The molecule has 0 aliphatic carbocycles. The first-order chi connectivity index (χ1) is 6.26. The Labute approximate surface area is 87.0 Å². The Kier molecular flexibility index (Phi) is 5.13. The lowest BCUT2D eigenvalue weighted by atomic mass is 9.97. The van der Waals surface area contributed by atoms with Crippen LogP contribution in [0.25, 0.3) is 0 Å². The van der Waals surface area contributed by atoms with E-state index in [4.69, 9.17) is 10.5 Å². The molecule has 0 aromatic rings. The van der Waals surface area contributed by atoms with Gasteiger partial charge in [-0.2, -0.15) is 0 Å². The lowest BCUT2D eigenvalue weighted by molar-refractivity contribution is -0.155. The molecule has 14 heavy (non-hydrogen) atoms. The minimum Gasteiger partial charge on any atom is -0.460 e. The third-order valence-electron chi connectivity index (χ3n) is 2.20. The van der Waals surface area contributed by atoms with Gasteiger partial charge in [-0.25, -0.2) is 0 Å². The van der Waals surface area contributed by atoms with Gasteiger partial charge in [-0.05, 0) is 26.7 Å². The molecule has 2 atom stereocenters. The summed E-state index contributed by atoms with van der Waals surface area (Å²) in [4.78, 5) is 11.4. The predicted octanol–water partition coefficient (Wildman–Crippen LogP) is 2.09. The number of ether oxygens (including phenoxy) is 1. The Morgan fingerprint density at radius 2 is 1.93 bits per heavy atom. The average molecular weight is 201 g/mol. The zero-order valence-electron chi connectivity index (χ0n) is 9.96. The summed E-state index contributed by atoms with van der Waals surface area (Å²) in [6.07, 6.45) is 1.30. The second-order valence-corrected chi connectivity index (χ2v) is 4.84. The summed E-state index contributed by atoms with van der Waals surface area (Å²) in [6.45, 7) is 9.70. The van der Waals surface area contributed by atoms with E-state index in [1.165, 1.54) is 0 Å². The molecule has 0 spiro atoms. The molecule has 0 aromatic carbocycles. The molecule has 0 heterocycles. The van der Waals surface area contributed by atoms with Crippen molar-refractivity contribution in [1.29, 1.82) is 0 Å². The van der Waals surface area contributed by atoms with E-state index < -0.39 is 5.60 Å². The van der Waals surface area contributed by atoms with Gasteiger partial charge < -0.3 is 10.5 Å². The lowest BCUT2D eigenvalue weighted by Gasteiger charge is -2.22. The number of hydrogen-bond donors (Lipinski definition) is 1. The summed E-state index contributed by atoms with van der Waals surface area (Å²) in [7, 11) is 0. The summed E-state index contributed by atoms with van der Waals surface area (Å²) in [6, 6.07) is -0.0881. The molecule has 0 aliphatic heterocycles. The molecule has 0 radical (unpaired) electrons. The highest BCUT2D eigenvalue weighted by molar-refractivity contribution is 5.70. The van der Waals surface area contributed by atoms with Gasteiger partial charge >= 0.3 is 5.97 Å². The van der Waals surface area contributed by atoms with Crippen LogP contribution >= 0.6 is 0 Å². The molecule has 0 aliphatic rings. The molecule has 0 aromatic heterocycles. The van der Waals surface area contributed by atoms with E-state index in [9.17, 15) is 4.79 Å². The number of nitrogens with two attached hydrogens (primary N) is 1. The van der Waals surface area contributed by atoms with Crippen LogP contribution in [0.2, 0.25) is 0 Å². The van der Waals surface area contributed by atoms with Crippen LogP contribution in [0.15, 0.2) is 0 Å². The Morgan fingerprint density at radius 3 is 2.29 bits per heavy atom. The smallest absolute Gasteiger partial charge is 0.307 e. The molecule has 2 N–H and O–H groups in total. The van der Waals surface area contributed by atoms with E-state index in [0.717, 1.165) is 6.42 Å². The van der Waals surface area contributed by atoms with Crippen LogP contribution in [0.5, 0.6) is 0 Å². The fourth-order valence-electron chi connectivity index (χ4n) is 1.08. The van der Waals surface area contributed by atoms with Crippen molar-refractivity contribution in [3.05, 3.63) is 0 Å². The lowest BCUT2D eigenvalue weighted by Crippen LogP contribution is -2.33. The Morgan fingerprint density at radius 1 is 1.43 bits per heavy atom. The van der Waals surface area contributed by atoms with Gasteiger partial charge in [0.2, 0.25) is 0 Å². The topological polar surface area (TPSA) is 52.3 Å². The maximum atomic E-state index is 11.4. The van der Waals surface area contributed by atoms with Crippen molar-refractivity contribution >= 4 is 5.97 Å². The van der Waals surface area contributed by atoms with Crippen molar-refractivity contribution in [2.24, 2.45) is 11.7 Å². The van der Waals surface area contributed by atoms with Crippen molar-refractivity contribution in [1.82, 2.24) is 0 Å². The number of carbonyl (C=O) groups is 1. The van der Waals surface area contributed by atoms with Crippen molar-refractivity contribution in [3.8, 4) is 0 Å². The normalized spacial score (nSPS) is 16.1. The van der Waals surface area contributed by atoms with E-state index in [0.29, 0.717) is 12.3 Å². The summed E-state index contributed by atoms with van der Waals surface area (Å²) in [5.74, 6) is 0.160. The van der Waals surface area contributed by atoms with Crippen molar-refractivity contribution < 1.29 is 9.53 Å². The van der Waals surface area contributed by atoms with Crippen LogP contribution < -0.4 is 5.73 Å². The number of hydrogen-bond acceptors (Lipinski definition) is 3. The number of carbonyl (C=O) groups excluding carboxylic acids is 1. The van der Waals surface area contributed by atoms with Gasteiger partial charge in [-0.15, -0.1) is 0 Å². The van der Waals surface area contributed by atoms with Gasteiger partial charge in [0, 0.05) is 6.04 Å². The predicted molar refractivity (Wildman–Crippen MR) is 57.9 cm³/mol. The third-order valence-corrected chi connectivity index (χ3v) is 2.20. The Bertz CT molecular complexity index is 184. The highest BCUT2D eigenvalue weighted by Crippen LogP contribution is 2.13. The van der Waals surface area contributed by atoms with Crippen molar-refractivity contribution in [2.45, 2.75) is 59.1 Å². The summed E-state index contributed by atoms with van der Waals surface area (Å²) >= 11 is 0. The summed E-state index contributed by atoms with van der Waals surface area (Å²) < 4.78 is 5.18. The summed E-state index contributed by atoms with van der Waals surface area (Å²) in [5.41, 5.74) is 5.44. The first-order valence-corrected chi connectivity index (χ1v) is 5.23. The van der Waals surface area contributed by atoms with E-state index in [1.807, 2.05) is 20.8 Å². The molecule has 84 valence electrons. The van der Waals surface area contributed by atoms with Gasteiger partial charge in [-0.3, -0.25) is 4.79 Å². The Balaban J connectivity index is 3.95. The summed E-state index contributed by atoms with van der Waals surface area (Å²) in [5, 5.41) is 0. The second-order valence-electron chi connectivity index (χ2n) is 4.84. The SMILES string of the molecule is CC[C@@H](C)[C@@H](N)CC(=O)OC(C)(C)C. The van der Waals surface area contributed by atoms with Crippen LogP contribution in [0.4, 0.5) is 0 Å². The molecule has 0 saturated heterocycles. The van der Waals surface area contributed by atoms with Crippen molar-refractivity contribution in [3.63, 3.8) is 0 Å². The van der Waals surface area contributed by atoms with E-state index in [1.54, 1.807) is 0 Å². The highest BCUT2D eigenvalue weighted by atomic mass is 16.6. The number of esters is 1. The first kappa shape index (κ1) is 13.4. The van der Waals surface area contributed by atoms with Gasteiger partial charge in [-0.1, -0.05) is 20.3 Å². The van der Waals surface area contributed by atoms with E-state index in [2.05, 4.69) is 13.8 Å². The van der Waals surface area contributed by atoms with Crippen LogP contribution in [0.3, 0.4) is 0 Å². The highest BCUT2D eigenvalue weighted by Gasteiger charge is 2.20. The van der Waals surface area contributed by atoms with Crippen LogP contribution in [0.1, 0.15) is 47.5 Å². The quantitative estimate of drug-likeness (QED) is 0.709. The molecule has 0 rings (SSSR count). The maximum absolute atomic E-state index is 11.4. The monoisotopic (exact) mass is 201 g/mol. The fraction of sp³-hybridized carbons (Fsp3) is 0.909. The molecule has 0 unspecified atom stereocenters. The molecular weight excluding hydrogens is 178 g/mol. The molecule has 0 fully saturated rings. The average Bonchev–Trinajstić information content (AvgIpc) is 1.99. The van der Waals surface area contributed by atoms with Gasteiger partial charge in [0.05, 0.1) is 6.42 Å². The zero-order chi connectivity index (χ0) is 11.4. The molecule has 3 nitrogen and oxygen atoms in total. The number of rotatable bonds is 4. The van der Waals surface area contributed by atoms with E-state index >= 15 is 0 Å². The molecule has 0 saturated carbocycles. The van der Waals surface area contributed by atoms with Gasteiger partial charge in [0.1, 0.15) is 5.60 Å². The molecular formula is C11H23NO2. The van der Waals surface area contributed by atoms with Crippen LogP contribution in [0, 0.1) is 5.92 Å². The van der Waals surface area contributed by atoms with E-state index in [-0.39, 0.29) is 12.0 Å². The molecule has 0 bridgehead atoms. The van der Waals surface area contributed by atoms with Crippen LogP contribution in [-0.2, 0) is 9.53 Å². The fourth-order valence-corrected chi connectivity index (χ4v) is 1.08. The first-order valence-electron chi connectivity index (χ1n) is 5.23. The Hall–Kier alpha value is -0.570. The minimum atomic E-state index is -0.410. The minimum absolute atomic E-state index is 0.0881.